The van der Waals surface area contributed by atoms with E-state index in [1.165, 1.54) is 24.8 Å². The van der Waals surface area contributed by atoms with Gasteiger partial charge in [0, 0.05) is 37.0 Å². The van der Waals surface area contributed by atoms with Crippen LogP contribution in [0.25, 0.3) is 0 Å². The van der Waals surface area contributed by atoms with Crippen molar-refractivity contribution in [2.45, 2.75) is 30.1 Å². The van der Waals surface area contributed by atoms with Crippen molar-refractivity contribution in [3.8, 4) is 0 Å². The van der Waals surface area contributed by atoms with Crippen LogP contribution in [0.2, 0.25) is 0 Å². The lowest BCUT2D eigenvalue weighted by Gasteiger charge is -2.38. The van der Waals surface area contributed by atoms with E-state index in [0.717, 1.165) is 12.8 Å². The molecule has 1 saturated heterocycles. The van der Waals surface area contributed by atoms with E-state index in [4.69, 9.17) is 4.74 Å². The predicted molar refractivity (Wildman–Crippen MR) is 106 cm³/mol. The number of sulfone groups is 1. The highest BCUT2D eigenvalue weighted by atomic mass is 32.2. The van der Waals surface area contributed by atoms with E-state index < -0.39 is 9.84 Å². The highest BCUT2D eigenvalue weighted by Gasteiger charge is 2.34. The number of benzene rings is 2. The minimum atomic E-state index is -3.41. The lowest BCUT2D eigenvalue weighted by molar-refractivity contribution is 0.0544. The first kappa shape index (κ1) is 19.6. The van der Waals surface area contributed by atoms with E-state index >= 15 is 0 Å². The lowest BCUT2D eigenvalue weighted by atomic mass is 9.74. The number of Topliss-reactive ketones (excluding diaryl/α,β-unsaturated/α-hetero) is 1. The first-order valence-electron chi connectivity index (χ1n) is 9.04. The van der Waals surface area contributed by atoms with Crippen molar-refractivity contribution < 1.29 is 17.9 Å². The maximum atomic E-state index is 12.2. The average Bonchev–Trinajstić information content (AvgIpc) is 2.67. The molecule has 0 saturated carbocycles. The number of carbonyl (C=O) groups is 1. The van der Waals surface area contributed by atoms with Crippen LogP contribution in [0.5, 0.6) is 0 Å². The standard InChI is InChI=1S/C21H25NO4S/c1-16(23)17-8-9-20(27(2,24)25)19(14-17)22-15-21(10-12-26-13-11-21)18-6-4-3-5-7-18/h3-9,14,22H,10-13,15H2,1-2H3. The molecule has 27 heavy (non-hydrogen) atoms. The van der Waals surface area contributed by atoms with Gasteiger partial charge in [0.2, 0.25) is 0 Å². The van der Waals surface area contributed by atoms with Crippen LogP contribution in [0.3, 0.4) is 0 Å². The van der Waals surface area contributed by atoms with E-state index in [1.807, 2.05) is 18.2 Å². The van der Waals surface area contributed by atoms with Crippen molar-refractivity contribution in [3.63, 3.8) is 0 Å². The number of hydrogen-bond acceptors (Lipinski definition) is 5. The van der Waals surface area contributed by atoms with Gasteiger partial charge in [-0.25, -0.2) is 8.42 Å². The van der Waals surface area contributed by atoms with Gasteiger partial charge < -0.3 is 10.1 Å². The fourth-order valence-electron chi connectivity index (χ4n) is 3.60. The molecule has 144 valence electrons. The van der Waals surface area contributed by atoms with Crippen LogP contribution in [0.1, 0.15) is 35.7 Å². The van der Waals surface area contributed by atoms with E-state index in [-0.39, 0.29) is 16.1 Å². The van der Waals surface area contributed by atoms with Gasteiger partial charge in [0.1, 0.15) is 0 Å². The number of anilines is 1. The van der Waals surface area contributed by atoms with Crippen molar-refractivity contribution in [1.82, 2.24) is 0 Å². The van der Waals surface area contributed by atoms with E-state index in [9.17, 15) is 13.2 Å². The molecule has 0 aliphatic carbocycles. The molecule has 0 atom stereocenters. The van der Waals surface area contributed by atoms with Gasteiger partial charge in [-0.2, -0.15) is 0 Å². The summed E-state index contributed by atoms with van der Waals surface area (Å²) in [5, 5.41) is 3.34. The minimum Gasteiger partial charge on any atom is -0.383 e. The van der Waals surface area contributed by atoms with Crippen molar-refractivity contribution in [2.24, 2.45) is 0 Å². The zero-order valence-electron chi connectivity index (χ0n) is 15.7. The SMILES string of the molecule is CC(=O)c1ccc(S(C)(=O)=O)c(NCC2(c3ccccc3)CCOCC2)c1. The van der Waals surface area contributed by atoms with Crippen molar-refractivity contribution >= 4 is 21.3 Å². The van der Waals surface area contributed by atoms with Gasteiger partial charge in [-0.15, -0.1) is 0 Å². The quantitative estimate of drug-likeness (QED) is 0.769. The predicted octanol–water partition coefficient (Wildman–Crippen LogP) is 3.45. The molecule has 1 heterocycles. The summed E-state index contributed by atoms with van der Waals surface area (Å²) in [6.07, 6.45) is 2.89. The summed E-state index contributed by atoms with van der Waals surface area (Å²) in [6.45, 7) is 3.39. The Morgan fingerprint density at radius 3 is 2.37 bits per heavy atom. The number of rotatable bonds is 6. The third kappa shape index (κ3) is 4.39. The van der Waals surface area contributed by atoms with E-state index in [2.05, 4.69) is 17.4 Å². The molecule has 5 nitrogen and oxygen atoms in total. The maximum Gasteiger partial charge on any atom is 0.177 e. The van der Waals surface area contributed by atoms with Gasteiger partial charge in [0.05, 0.1) is 10.6 Å². The molecule has 0 radical (unpaired) electrons. The molecule has 0 bridgehead atoms. The van der Waals surface area contributed by atoms with Crippen LogP contribution in [0, 0.1) is 0 Å². The monoisotopic (exact) mass is 387 g/mol. The zero-order valence-corrected chi connectivity index (χ0v) is 16.5. The highest BCUT2D eigenvalue weighted by molar-refractivity contribution is 7.90. The van der Waals surface area contributed by atoms with Crippen LogP contribution in [0.15, 0.2) is 53.4 Å². The molecule has 1 aliphatic rings. The van der Waals surface area contributed by atoms with Gasteiger partial charge in [0.25, 0.3) is 0 Å². The first-order chi connectivity index (χ1) is 12.8. The van der Waals surface area contributed by atoms with Gasteiger partial charge in [-0.3, -0.25) is 4.79 Å². The summed E-state index contributed by atoms with van der Waals surface area (Å²) in [5.41, 5.74) is 2.04. The van der Waals surface area contributed by atoms with Crippen molar-refractivity contribution in [3.05, 3.63) is 59.7 Å². The van der Waals surface area contributed by atoms with Gasteiger partial charge >= 0.3 is 0 Å². The smallest absolute Gasteiger partial charge is 0.177 e. The minimum absolute atomic E-state index is 0.0954. The number of nitrogens with one attached hydrogen (secondary N) is 1. The van der Waals surface area contributed by atoms with Gasteiger partial charge in [-0.05, 0) is 43.5 Å². The van der Waals surface area contributed by atoms with E-state index in [0.29, 0.717) is 31.0 Å². The molecule has 0 aromatic heterocycles. The largest absolute Gasteiger partial charge is 0.383 e. The highest BCUT2D eigenvalue weighted by Crippen LogP contribution is 2.36. The second-order valence-electron chi connectivity index (χ2n) is 7.15. The summed E-state index contributed by atoms with van der Waals surface area (Å²) in [5.74, 6) is -0.0954. The molecule has 2 aromatic rings. The second kappa shape index (κ2) is 7.82. The van der Waals surface area contributed by atoms with Crippen molar-refractivity contribution in [2.75, 3.05) is 31.3 Å². The Kier molecular flexibility index (Phi) is 5.67. The fraction of sp³-hybridized carbons (Fsp3) is 0.381. The Bertz CT molecular complexity index is 916. The summed E-state index contributed by atoms with van der Waals surface area (Å²) in [6, 6.07) is 14.9. The van der Waals surface area contributed by atoms with Crippen LogP contribution < -0.4 is 5.32 Å². The Morgan fingerprint density at radius 2 is 1.78 bits per heavy atom. The maximum absolute atomic E-state index is 12.2. The zero-order chi connectivity index (χ0) is 19.5. The van der Waals surface area contributed by atoms with Crippen LogP contribution in [0.4, 0.5) is 5.69 Å². The molecule has 0 unspecified atom stereocenters. The molecule has 1 aliphatic heterocycles. The molecular weight excluding hydrogens is 362 g/mol. The molecule has 0 spiro atoms. The summed E-state index contributed by atoms with van der Waals surface area (Å²) >= 11 is 0. The summed E-state index contributed by atoms with van der Waals surface area (Å²) in [7, 11) is -3.41. The van der Waals surface area contributed by atoms with Crippen LogP contribution in [-0.4, -0.2) is 40.2 Å². The molecule has 2 aromatic carbocycles. The number of hydrogen-bond donors (Lipinski definition) is 1. The topological polar surface area (TPSA) is 72.5 Å². The Balaban J connectivity index is 1.96. The normalized spacial score (nSPS) is 16.7. The van der Waals surface area contributed by atoms with Crippen molar-refractivity contribution in [1.29, 1.82) is 0 Å². The first-order valence-corrected chi connectivity index (χ1v) is 10.9. The fourth-order valence-corrected chi connectivity index (χ4v) is 4.44. The Labute approximate surface area is 160 Å². The lowest BCUT2D eigenvalue weighted by Crippen LogP contribution is -2.40. The molecule has 6 heteroatoms. The molecule has 1 fully saturated rings. The molecule has 3 rings (SSSR count). The van der Waals surface area contributed by atoms with E-state index in [1.54, 1.807) is 12.1 Å². The van der Waals surface area contributed by atoms with Gasteiger partial charge in [-0.1, -0.05) is 30.3 Å². The average molecular weight is 388 g/mol. The number of ketones is 1. The number of ether oxygens (including phenoxy) is 1. The Hall–Kier alpha value is -2.18. The van der Waals surface area contributed by atoms with Crippen LogP contribution in [-0.2, 0) is 20.0 Å². The third-order valence-electron chi connectivity index (χ3n) is 5.24. The second-order valence-corrected chi connectivity index (χ2v) is 9.14. The number of carbonyl (C=O) groups excluding carboxylic acids is 1. The molecule has 0 amide bonds. The Morgan fingerprint density at radius 1 is 1.11 bits per heavy atom. The third-order valence-corrected chi connectivity index (χ3v) is 6.39. The molecule has 1 N–H and O–H groups in total. The molecular formula is C21H25NO4S. The van der Waals surface area contributed by atoms with Gasteiger partial charge in [0.15, 0.2) is 15.6 Å². The summed E-state index contributed by atoms with van der Waals surface area (Å²) < 4.78 is 29.9. The van der Waals surface area contributed by atoms with Crippen LogP contribution >= 0.6 is 0 Å². The summed E-state index contributed by atoms with van der Waals surface area (Å²) in [4.78, 5) is 12.0.